The molecule has 1 aromatic heterocycles. The van der Waals surface area contributed by atoms with Crippen LogP contribution in [0.15, 0.2) is 36.5 Å². The van der Waals surface area contributed by atoms with Crippen molar-refractivity contribution in [1.82, 2.24) is 4.98 Å². The Morgan fingerprint density at radius 2 is 1.94 bits per heavy atom. The number of aromatic nitrogens is 1. The number of pyridine rings is 1. The maximum absolute atomic E-state index is 9.57. The van der Waals surface area contributed by atoms with Crippen LogP contribution in [0.25, 0.3) is 10.9 Å². The first kappa shape index (κ1) is 13.0. The molecule has 1 atom stereocenters. The molecular weight excluding hydrogens is 222 g/mol. The van der Waals surface area contributed by atoms with Crippen LogP contribution in [0.1, 0.15) is 32.8 Å². The Hall–Kier alpha value is -1.41. The molecule has 0 aliphatic rings. The van der Waals surface area contributed by atoms with Crippen LogP contribution in [0.3, 0.4) is 0 Å². The third-order valence-corrected chi connectivity index (χ3v) is 3.26. The predicted octanol–water partition coefficient (Wildman–Crippen LogP) is 3.57. The molecule has 0 fully saturated rings. The lowest BCUT2D eigenvalue weighted by molar-refractivity contribution is 0.129. The van der Waals surface area contributed by atoms with E-state index in [4.69, 9.17) is 0 Å². The topological polar surface area (TPSA) is 33.1 Å². The highest BCUT2D eigenvalue weighted by Crippen LogP contribution is 2.30. The van der Waals surface area contributed by atoms with E-state index in [2.05, 4.69) is 37.0 Å². The van der Waals surface area contributed by atoms with Gasteiger partial charge in [0, 0.05) is 11.6 Å². The highest BCUT2D eigenvalue weighted by Gasteiger charge is 2.21. The van der Waals surface area contributed by atoms with Gasteiger partial charge < -0.3 is 5.11 Å². The van der Waals surface area contributed by atoms with E-state index in [1.54, 1.807) is 0 Å². The zero-order chi connectivity index (χ0) is 13.2. The summed E-state index contributed by atoms with van der Waals surface area (Å²) in [6, 6.07) is 10.3. The van der Waals surface area contributed by atoms with Crippen molar-refractivity contribution in [1.29, 1.82) is 0 Å². The van der Waals surface area contributed by atoms with Crippen LogP contribution < -0.4 is 0 Å². The molecule has 0 aliphatic heterocycles. The van der Waals surface area contributed by atoms with Crippen molar-refractivity contribution in [3.8, 4) is 0 Å². The number of rotatable bonds is 4. The quantitative estimate of drug-likeness (QED) is 0.890. The van der Waals surface area contributed by atoms with Gasteiger partial charge in [0.2, 0.25) is 0 Å². The highest BCUT2D eigenvalue weighted by molar-refractivity contribution is 5.81. The standard InChI is InChI=1S/C16H21NO/c1-12(18)10-16(2,3)11-13-8-9-17-15-7-5-4-6-14(13)15/h4-9,12,18H,10-11H2,1-3H3. The van der Waals surface area contributed by atoms with E-state index < -0.39 is 0 Å². The first-order valence-electron chi connectivity index (χ1n) is 6.49. The van der Waals surface area contributed by atoms with Crippen molar-refractivity contribution in [3.63, 3.8) is 0 Å². The molecular formula is C16H21NO. The van der Waals surface area contributed by atoms with Crippen molar-refractivity contribution in [2.75, 3.05) is 0 Å². The van der Waals surface area contributed by atoms with Crippen molar-refractivity contribution in [3.05, 3.63) is 42.1 Å². The summed E-state index contributed by atoms with van der Waals surface area (Å²) in [5.41, 5.74) is 2.45. The molecule has 0 saturated heterocycles. The molecule has 0 radical (unpaired) electrons. The molecule has 0 bridgehead atoms. The molecule has 2 rings (SSSR count). The fourth-order valence-electron chi connectivity index (χ4n) is 2.70. The average Bonchev–Trinajstić information content (AvgIpc) is 2.27. The lowest BCUT2D eigenvalue weighted by Crippen LogP contribution is -2.21. The van der Waals surface area contributed by atoms with Gasteiger partial charge in [0.25, 0.3) is 0 Å². The summed E-state index contributed by atoms with van der Waals surface area (Å²) >= 11 is 0. The number of hydrogen-bond acceptors (Lipinski definition) is 2. The monoisotopic (exact) mass is 243 g/mol. The normalized spacial score (nSPS) is 13.8. The van der Waals surface area contributed by atoms with Gasteiger partial charge in [-0.25, -0.2) is 0 Å². The van der Waals surface area contributed by atoms with E-state index in [-0.39, 0.29) is 11.5 Å². The predicted molar refractivity (Wildman–Crippen MR) is 75.5 cm³/mol. The van der Waals surface area contributed by atoms with Crippen LogP contribution in [0, 0.1) is 5.41 Å². The number of para-hydroxylation sites is 1. The zero-order valence-electron chi connectivity index (χ0n) is 11.4. The van der Waals surface area contributed by atoms with Gasteiger partial charge in [-0.05, 0) is 42.9 Å². The van der Waals surface area contributed by atoms with E-state index in [1.165, 1.54) is 10.9 Å². The molecule has 1 aromatic carbocycles. The second-order valence-corrected chi connectivity index (χ2v) is 5.88. The lowest BCUT2D eigenvalue weighted by Gasteiger charge is -2.26. The van der Waals surface area contributed by atoms with Crippen LogP contribution in [-0.2, 0) is 6.42 Å². The van der Waals surface area contributed by atoms with Gasteiger partial charge in [0.1, 0.15) is 0 Å². The molecule has 0 saturated carbocycles. The number of fused-ring (bicyclic) bond motifs is 1. The summed E-state index contributed by atoms with van der Waals surface area (Å²) in [6.45, 7) is 6.26. The van der Waals surface area contributed by atoms with Crippen LogP contribution >= 0.6 is 0 Å². The Kier molecular flexibility index (Phi) is 3.67. The fourth-order valence-corrected chi connectivity index (χ4v) is 2.70. The lowest BCUT2D eigenvalue weighted by atomic mass is 9.80. The molecule has 1 heterocycles. The Labute approximate surface area is 109 Å². The van der Waals surface area contributed by atoms with Gasteiger partial charge >= 0.3 is 0 Å². The molecule has 2 nitrogen and oxygen atoms in total. The number of nitrogens with zero attached hydrogens (tertiary/aromatic N) is 1. The average molecular weight is 243 g/mol. The maximum atomic E-state index is 9.57. The van der Waals surface area contributed by atoms with Gasteiger partial charge in [-0.3, -0.25) is 4.98 Å². The largest absolute Gasteiger partial charge is 0.393 e. The van der Waals surface area contributed by atoms with Gasteiger partial charge in [0.15, 0.2) is 0 Å². The van der Waals surface area contributed by atoms with E-state index in [0.29, 0.717) is 0 Å². The molecule has 2 heteroatoms. The van der Waals surface area contributed by atoms with Gasteiger partial charge in [0.05, 0.1) is 11.6 Å². The zero-order valence-corrected chi connectivity index (χ0v) is 11.4. The minimum atomic E-state index is -0.256. The highest BCUT2D eigenvalue weighted by atomic mass is 16.3. The molecule has 0 spiro atoms. The smallest absolute Gasteiger partial charge is 0.0704 e. The van der Waals surface area contributed by atoms with Crippen LogP contribution in [0.2, 0.25) is 0 Å². The summed E-state index contributed by atoms with van der Waals surface area (Å²) in [4.78, 5) is 4.38. The van der Waals surface area contributed by atoms with Crippen molar-refractivity contribution in [2.45, 2.75) is 39.7 Å². The van der Waals surface area contributed by atoms with Gasteiger partial charge in [-0.15, -0.1) is 0 Å². The summed E-state index contributed by atoms with van der Waals surface area (Å²) in [7, 11) is 0. The van der Waals surface area contributed by atoms with E-state index in [9.17, 15) is 5.11 Å². The number of hydrogen-bond donors (Lipinski definition) is 1. The number of aliphatic hydroxyl groups excluding tert-OH is 1. The Morgan fingerprint density at radius 3 is 2.67 bits per heavy atom. The second kappa shape index (κ2) is 5.07. The molecule has 1 N–H and O–H groups in total. The first-order valence-corrected chi connectivity index (χ1v) is 6.49. The third kappa shape index (κ3) is 3.08. The minimum absolute atomic E-state index is 0.0955. The van der Waals surface area contributed by atoms with E-state index >= 15 is 0 Å². The van der Waals surface area contributed by atoms with Crippen molar-refractivity contribution >= 4 is 10.9 Å². The van der Waals surface area contributed by atoms with Crippen LogP contribution in [0.5, 0.6) is 0 Å². The van der Waals surface area contributed by atoms with Gasteiger partial charge in [-0.1, -0.05) is 32.0 Å². The number of aliphatic hydroxyl groups is 1. The molecule has 1 unspecified atom stereocenters. The first-order chi connectivity index (χ1) is 8.48. The number of benzene rings is 1. The summed E-state index contributed by atoms with van der Waals surface area (Å²) in [5, 5.41) is 10.8. The molecule has 0 amide bonds. The molecule has 18 heavy (non-hydrogen) atoms. The Balaban J connectivity index is 2.32. The van der Waals surface area contributed by atoms with Crippen molar-refractivity contribution in [2.24, 2.45) is 5.41 Å². The summed E-state index contributed by atoms with van der Waals surface area (Å²) < 4.78 is 0. The van der Waals surface area contributed by atoms with Crippen LogP contribution in [0.4, 0.5) is 0 Å². The van der Waals surface area contributed by atoms with Crippen LogP contribution in [-0.4, -0.2) is 16.2 Å². The Morgan fingerprint density at radius 1 is 1.22 bits per heavy atom. The summed E-state index contributed by atoms with van der Waals surface area (Å²) in [5.74, 6) is 0. The molecule has 2 aromatic rings. The van der Waals surface area contributed by atoms with E-state index in [1.807, 2.05) is 25.3 Å². The van der Waals surface area contributed by atoms with Gasteiger partial charge in [-0.2, -0.15) is 0 Å². The Bertz CT molecular complexity index is 526. The second-order valence-electron chi connectivity index (χ2n) is 5.88. The molecule has 0 aliphatic carbocycles. The SMILES string of the molecule is CC(O)CC(C)(C)Cc1ccnc2ccccc12. The van der Waals surface area contributed by atoms with E-state index in [0.717, 1.165) is 18.4 Å². The third-order valence-electron chi connectivity index (χ3n) is 3.26. The molecule has 96 valence electrons. The fraction of sp³-hybridized carbons (Fsp3) is 0.438. The van der Waals surface area contributed by atoms with Crippen molar-refractivity contribution < 1.29 is 5.11 Å². The minimum Gasteiger partial charge on any atom is -0.393 e. The maximum Gasteiger partial charge on any atom is 0.0704 e. The summed E-state index contributed by atoms with van der Waals surface area (Å²) in [6.07, 6.45) is 3.38.